The van der Waals surface area contributed by atoms with Crippen LogP contribution in [0.2, 0.25) is 16.6 Å². The van der Waals surface area contributed by atoms with Gasteiger partial charge in [0, 0.05) is 17.1 Å². The number of rotatable bonds is 4. The summed E-state index contributed by atoms with van der Waals surface area (Å²) in [7, 11) is -1.77. The van der Waals surface area contributed by atoms with Crippen LogP contribution in [0.5, 0.6) is 0 Å². The fourth-order valence-electron chi connectivity index (χ4n) is 4.31. The third-order valence-electron chi connectivity index (χ3n) is 4.93. The fourth-order valence-corrected chi connectivity index (χ4v) is 10.9. The van der Waals surface area contributed by atoms with Crippen molar-refractivity contribution < 1.29 is 0 Å². The zero-order valence-corrected chi connectivity index (χ0v) is 15.0. The third-order valence-corrected chi connectivity index (χ3v) is 11.7. The summed E-state index contributed by atoms with van der Waals surface area (Å²) < 4.78 is 2.50. The minimum atomic E-state index is -1.77. The molecule has 0 aliphatic heterocycles. The highest BCUT2D eigenvalue weighted by Crippen LogP contribution is 2.44. The maximum absolute atomic E-state index is 5.64. The number of fused-ring (bicyclic) bond motifs is 1. The summed E-state index contributed by atoms with van der Waals surface area (Å²) >= 11 is 0. The second-order valence-electron chi connectivity index (χ2n) is 6.78. The molecule has 0 fully saturated rings. The van der Waals surface area contributed by atoms with Crippen molar-refractivity contribution in [1.82, 2.24) is 9.22 Å². The van der Waals surface area contributed by atoms with Gasteiger partial charge >= 0.3 is 0 Å². The van der Waals surface area contributed by atoms with Crippen LogP contribution in [0.25, 0.3) is 11.0 Å². The molecule has 21 heavy (non-hydrogen) atoms. The van der Waals surface area contributed by atoms with Crippen LogP contribution in [0.3, 0.4) is 0 Å². The van der Waals surface area contributed by atoms with E-state index in [4.69, 9.17) is 6.42 Å². The molecule has 0 atom stereocenters. The Morgan fingerprint density at radius 3 is 2.10 bits per heavy atom. The molecule has 2 rings (SSSR count). The van der Waals surface area contributed by atoms with Gasteiger partial charge in [-0.25, -0.2) is 4.98 Å². The van der Waals surface area contributed by atoms with Crippen molar-refractivity contribution in [2.24, 2.45) is 0 Å². The van der Waals surface area contributed by atoms with Gasteiger partial charge in [0.1, 0.15) is 5.65 Å². The van der Waals surface area contributed by atoms with Crippen LogP contribution in [0, 0.1) is 12.3 Å². The number of nitrogens with zero attached hydrogens (tertiary/aromatic N) is 2. The second kappa shape index (κ2) is 5.69. The molecule has 0 bridgehead atoms. The van der Waals surface area contributed by atoms with Gasteiger partial charge in [0.2, 0.25) is 0 Å². The highest BCUT2D eigenvalue weighted by molar-refractivity contribution is 6.82. The quantitative estimate of drug-likeness (QED) is 0.571. The van der Waals surface area contributed by atoms with Gasteiger partial charge in [-0.1, -0.05) is 47.5 Å². The molecule has 3 heteroatoms. The minimum Gasteiger partial charge on any atom is -0.359 e. The summed E-state index contributed by atoms with van der Waals surface area (Å²) in [5, 5.41) is 1.11. The van der Waals surface area contributed by atoms with Gasteiger partial charge < -0.3 is 4.23 Å². The van der Waals surface area contributed by atoms with Crippen molar-refractivity contribution in [3.05, 3.63) is 30.1 Å². The fraction of sp³-hybridized carbons (Fsp3) is 0.500. The highest BCUT2D eigenvalue weighted by atomic mass is 28.3. The SMILES string of the molecule is C#Cc1ccnc2c1ccn2[Si](C(C)C)(C(C)C)C(C)C. The monoisotopic (exact) mass is 298 g/mol. The van der Waals surface area contributed by atoms with Gasteiger partial charge in [-0.05, 0) is 35.0 Å². The van der Waals surface area contributed by atoms with E-state index in [2.05, 4.69) is 68.9 Å². The molecule has 2 aromatic heterocycles. The predicted octanol–water partition coefficient (Wildman–Crippen LogP) is 5.04. The van der Waals surface area contributed by atoms with E-state index in [-0.39, 0.29) is 0 Å². The van der Waals surface area contributed by atoms with Crippen LogP contribution in [0.4, 0.5) is 0 Å². The zero-order chi connectivity index (χ0) is 15.8. The summed E-state index contributed by atoms with van der Waals surface area (Å²) in [6, 6.07) is 4.07. The Morgan fingerprint density at radius 2 is 1.62 bits per heavy atom. The summed E-state index contributed by atoms with van der Waals surface area (Å²) in [5.41, 5.74) is 3.93. The van der Waals surface area contributed by atoms with Gasteiger partial charge in [-0.2, -0.15) is 0 Å². The molecule has 2 nitrogen and oxygen atoms in total. The van der Waals surface area contributed by atoms with Crippen LogP contribution in [-0.2, 0) is 0 Å². The van der Waals surface area contributed by atoms with Gasteiger partial charge in [-0.3, -0.25) is 0 Å². The first-order valence-electron chi connectivity index (χ1n) is 7.80. The van der Waals surface area contributed by atoms with Crippen molar-refractivity contribution in [3.8, 4) is 12.3 Å². The number of aromatic nitrogens is 2. The topological polar surface area (TPSA) is 17.8 Å². The lowest BCUT2D eigenvalue weighted by Gasteiger charge is -2.44. The lowest BCUT2D eigenvalue weighted by molar-refractivity contribution is 0.770. The molecule has 0 amide bonds. The summed E-state index contributed by atoms with van der Waals surface area (Å²) in [4.78, 5) is 4.67. The van der Waals surface area contributed by atoms with Crippen LogP contribution < -0.4 is 0 Å². The molecule has 0 aliphatic carbocycles. The molecule has 0 spiro atoms. The largest absolute Gasteiger partial charge is 0.359 e. The van der Waals surface area contributed by atoms with Gasteiger partial charge in [0.15, 0.2) is 8.24 Å². The van der Waals surface area contributed by atoms with E-state index in [1.807, 2.05) is 12.3 Å². The van der Waals surface area contributed by atoms with E-state index in [1.165, 1.54) is 0 Å². The van der Waals surface area contributed by atoms with Crippen LogP contribution in [0.15, 0.2) is 24.5 Å². The first kappa shape index (κ1) is 15.8. The first-order valence-corrected chi connectivity index (χ1v) is 9.98. The minimum absolute atomic E-state index is 0.643. The van der Waals surface area contributed by atoms with E-state index in [0.29, 0.717) is 16.6 Å². The van der Waals surface area contributed by atoms with Crippen molar-refractivity contribution in [1.29, 1.82) is 0 Å². The molecule has 0 saturated heterocycles. The van der Waals surface area contributed by atoms with Gasteiger partial charge in [0.05, 0.1) is 0 Å². The Hall–Kier alpha value is -1.53. The molecule has 112 valence electrons. The molecule has 0 unspecified atom stereocenters. The Balaban J connectivity index is 2.82. The van der Waals surface area contributed by atoms with Crippen LogP contribution in [0.1, 0.15) is 47.1 Å². The van der Waals surface area contributed by atoms with Crippen LogP contribution in [-0.4, -0.2) is 17.5 Å². The molecular weight excluding hydrogens is 272 g/mol. The number of pyridine rings is 1. The standard InChI is InChI=1S/C18H26N2Si/c1-8-16-9-11-19-18-17(16)10-12-20(18)21(13(2)3,14(4)5)15(6)7/h1,9-15H,2-7H3. The molecule has 2 heterocycles. The molecule has 0 aromatic carbocycles. The van der Waals surface area contributed by atoms with E-state index in [9.17, 15) is 0 Å². The Bertz CT molecular complexity index is 652. The van der Waals surface area contributed by atoms with Crippen molar-refractivity contribution in [3.63, 3.8) is 0 Å². The zero-order valence-electron chi connectivity index (χ0n) is 14.0. The lowest BCUT2D eigenvalue weighted by Crippen LogP contribution is -2.51. The van der Waals surface area contributed by atoms with Crippen molar-refractivity contribution in [2.45, 2.75) is 58.2 Å². The van der Waals surface area contributed by atoms with E-state index >= 15 is 0 Å². The molecule has 0 N–H and O–H groups in total. The predicted molar refractivity (Wildman–Crippen MR) is 94.1 cm³/mol. The molecule has 0 radical (unpaired) electrons. The highest BCUT2D eigenvalue weighted by Gasteiger charge is 2.45. The van der Waals surface area contributed by atoms with Crippen molar-refractivity contribution >= 4 is 19.3 Å². The second-order valence-corrected chi connectivity index (χ2v) is 12.5. The van der Waals surface area contributed by atoms with E-state index in [1.54, 1.807) is 0 Å². The normalized spacial score (nSPS) is 12.6. The van der Waals surface area contributed by atoms with Gasteiger partial charge in [0.25, 0.3) is 0 Å². The number of terminal acetylenes is 1. The summed E-state index contributed by atoms with van der Waals surface area (Å²) in [5.74, 6) is 2.78. The third kappa shape index (κ3) is 2.22. The molecule has 0 saturated carbocycles. The number of hydrogen-bond acceptors (Lipinski definition) is 1. The van der Waals surface area contributed by atoms with E-state index < -0.39 is 8.24 Å². The average Bonchev–Trinajstić information content (AvgIpc) is 2.82. The summed E-state index contributed by atoms with van der Waals surface area (Å²) in [6.45, 7) is 14.2. The lowest BCUT2D eigenvalue weighted by atomic mass is 10.2. The Labute approximate surface area is 129 Å². The number of hydrogen-bond donors (Lipinski definition) is 0. The summed E-state index contributed by atoms with van der Waals surface area (Å²) in [6.07, 6.45) is 9.71. The van der Waals surface area contributed by atoms with Crippen molar-refractivity contribution in [2.75, 3.05) is 0 Å². The van der Waals surface area contributed by atoms with E-state index in [0.717, 1.165) is 16.6 Å². The van der Waals surface area contributed by atoms with Gasteiger partial charge in [-0.15, -0.1) is 6.42 Å². The average molecular weight is 299 g/mol. The Kier molecular flexibility index (Phi) is 4.29. The first-order chi connectivity index (χ1) is 9.87. The smallest absolute Gasteiger partial charge is 0.171 e. The van der Waals surface area contributed by atoms with Crippen LogP contribution >= 0.6 is 0 Å². The molecular formula is C18H26N2Si. The molecule has 2 aromatic rings. The maximum Gasteiger partial charge on any atom is 0.171 e. The maximum atomic E-state index is 5.64. The molecule has 0 aliphatic rings. The Morgan fingerprint density at radius 1 is 1.05 bits per heavy atom.